The number of rotatable bonds is 5. The quantitative estimate of drug-likeness (QED) is 0.845. The summed E-state index contributed by atoms with van der Waals surface area (Å²) in [5.74, 6) is 2.18. The summed E-state index contributed by atoms with van der Waals surface area (Å²) in [6.07, 6.45) is 1.46. The highest BCUT2D eigenvalue weighted by Gasteiger charge is 2.25. The Morgan fingerprint density at radius 3 is 2.95 bits per heavy atom. The number of hydrogen-bond donors (Lipinski definition) is 2. The van der Waals surface area contributed by atoms with Crippen LogP contribution in [0.5, 0.6) is 0 Å². The van der Waals surface area contributed by atoms with Crippen LogP contribution in [-0.4, -0.2) is 54.0 Å². The molecule has 2 heterocycles. The largest absolute Gasteiger partial charge is 0.394 e. The average molecular weight is 280 g/mol. The Kier molecular flexibility index (Phi) is 5.14. The van der Waals surface area contributed by atoms with E-state index in [4.69, 9.17) is 4.74 Å². The van der Waals surface area contributed by atoms with Crippen molar-refractivity contribution in [3.05, 3.63) is 11.9 Å². The molecule has 20 heavy (non-hydrogen) atoms. The molecule has 2 rings (SSSR count). The lowest BCUT2D eigenvalue weighted by Crippen LogP contribution is -2.45. The maximum Gasteiger partial charge on any atom is 0.137 e. The zero-order valence-corrected chi connectivity index (χ0v) is 12.5. The van der Waals surface area contributed by atoms with Crippen molar-refractivity contribution in [2.24, 2.45) is 0 Å². The van der Waals surface area contributed by atoms with Crippen LogP contribution in [0.3, 0.4) is 0 Å². The molecule has 0 aromatic carbocycles. The number of aromatic nitrogens is 2. The van der Waals surface area contributed by atoms with Gasteiger partial charge in [0.15, 0.2) is 0 Å². The molecule has 0 aliphatic carbocycles. The molecule has 1 aliphatic heterocycles. The van der Waals surface area contributed by atoms with Crippen molar-refractivity contribution in [3.63, 3.8) is 0 Å². The summed E-state index contributed by atoms with van der Waals surface area (Å²) in [6, 6.07) is 0. The molecule has 0 saturated carbocycles. The van der Waals surface area contributed by atoms with Gasteiger partial charge in [0.1, 0.15) is 18.0 Å². The highest BCUT2D eigenvalue weighted by molar-refractivity contribution is 5.60. The SMILES string of the molecule is CCNc1ncnc(N2CCOC(CO)C2)c1C(C)C. The molecule has 1 atom stereocenters. The average Bonchev–Trinajstić information content (AvgIpc) is 2.47. The third kappa shape index (κ3) is 3.19. The second-order valence-electron chi connectivity index (χ2n) is 5.27. The van der Waals surface area contributed by atoms with Crippen molar-refractivity contribution in [3.8, 4) is 0 Å². The van der Waals surface area contributed by atoms with E-state index in [2.05, 4.69) is 41.0 Å². The van der Waals surface area contributed by atoms with Crippen LogP contribution in [0.2, 0.25) is 0 Å². The third-order valence-electron chi connectivity index (χ3n) is 3.43. The van der Waals surface area contributed by atoms with Crippen LogP contribution >= 0.6 is 0 Å². The number of morpholine rings is 1. The molecule has 1 unspecified atom stereocenters. The molecule has 112 valence electrons. The number of aliphatic hydroxyl groups excluding tert-OH is 1. The molecular formula is C14H24N4O2. The smallest absolute Gasteiger partial charge is 0.137 e. The Morgan fingerprint density at radius 1 is 1.50 bits per heavy atom. The van der Waals surface area contributed by atoms with E-state index in [9.17, 15) is 5.11 Å². The van der Waals surface area contributed by atoms with Gasteiger partial charge in [-0.05, 0) is 12.8 Å². The lowest BCUT2D eigenvalue weighted by atomic mass is 10.0. The lowest BCUT2D eigenvalue weighted by Gasteiger charge is -2.34. The van der Waals surface area contributed by atoms with Gasteiger partial charge in [-0.25, -0.2) is 9.97 Å². The van der Waals surface area contributed by atoms with Gasteiger partial charge >= 0.3 is 0 Å². The molecule has 1 aromatic rings. The van der Waals surface area contributed by atoms with E-state index in [0.29, 0.717) is 19.1 Å². The molecule has 0 radical (unpaired) electrons. The van der Waals surface area contributed by atoms with Gasteiger partial charge in [-0.1, -0.05) is 13.8 Å². The van der Waals surface area contributed by atoms with Gasteiger partial charge in [0.2, 0.25) is 0 Å². The van der Waals surface area contributed by atoms with Crippen LogP contribution in [0.1, 0.15) is 32.3 Å². The molecule has 0 spiro atoms. The fraction of sp³-hybridized carbons (Fsp3) is 0.714. The molecule has 1 aromatic heterocycles. The minimum absolute atomic E-state index is 0.0403. The van der Waals surface area contributed by atoms with Gasteiger partial charge in [0.25, 0.3) is 0 Å². The first-order valence-corrected chi connectivity index (χ1v) is 7.23. The molecule has 1 fully saturated rings. The van der Waals surface area contributed by atoms with Crippen molar-refractivity contribution in [2.45, 2.75) is 32.8 Å². The number of nitrogens with one attached hydrogen (secondary N) is 1. The fourth-order valence-corrected chi connectivity index (χ4v) is 2.50. The maximum atomic E-state index is 9.28. The van der Waals surface area contributed by atoms with Crippen LogP contribution < -0.4 is 10.2 Å². The van der Waals surface area contributed by atoms with E-state index in [0.717, 1.165) is 30.3 Å². The second kappa shape index (κ2) is 6.85. The van der Waals surface area contributed by atoms with Gasteiger partial charge < -0.3 is 20.1 Å². The maximum absolute atomic E-state index is 9.28. The molecular weight excluding hydrogens is 256 g/mol. The minimum Gasteiger partial charge on any atom is -0.394 e. The third-order valence-corrected chi connectivity index (χ3v) is 3.43. The van der Waals surface area contributed by atoms with Crippen molar-refractivity contribution in [2.75, 3.05) is 43.1 Å². The predicted molar refractivity (Wildman–Crippen MR) is 79.3 cm³/mol. The van der Waals surface area contributed by atoms with E-state index in [1.165, 1.54) is 0 Å². The number of aliphatic hydroxyl groups is 1. The van der Waals surface area contributed by atoms with Gasteiger partial charge in [-0.2, -0.15) is 0 Å². The van der Waals surface area contributed by atoms with Crippen LogP contribution in [0.15, 0.2) is 6.33 Å². The Morgan fingerprint density at radius 2 is 2.30 bits per heavy atom. The molecule has 1 saturated heterocycles. The Labute approximate surface area is 120 Å². The first-order chi connectivity index (χ1) is 9.67. The summed E-state index contributed by atoms with van der Waals surface area (Å²) in [5, 5.41) is 12.6. The number of nitrogens with zero attached hydrogens (tertiary/aromatic N) is 3. The topological polar surface area (TPSA) is 70.5 Å². The summed E-state index contributed by atoms with van der Waals surface area (Å²) < 4.78 is 5.51. The summed E-state index contributed by atoms with van der Waals surface area (Å²) in [6.45, 7) is 9.29. The number of hydrogen-bond acceptors (Lipinski definition) is 6. The van der Waals surface area contributed by atoms with Gasteiger partial charge in [0, 0.05) is 25.2 Å². The molecule has 0 bridgehead atoms. The molecule has 2 N–H and O–H groups in total. The van der Waals surface area contributed by atoms with E-state index in [1.807, 2.05) is 0 Å². The van der Waals surface area contributed by atoms with Crippen molar-refractivity contribution in [1.29, 1.82) is 0 Å². The van der Waals surface area contributed by atoms with Crippen LogP contribution in [-0.2, 0) is 4.74 Å². The highest BCUT2D eigenvalue weighted by atomic mass is 16.5. The second-order valence-corrected chi connectivity index (χ2v) is 5.27. The van der Waals surface area contributed by atoms with E-state index >= 15 is 0 Å². The summed E-state index contributed by atoms with van der Waals surface area (Å²) in [4.78, 5) is 11.0. The molecule has 0 amide bonds. The molecule has 6 heteroatoms. The van der Waals surface area contributed by atoms with Gasteiger partial charge in [0.05, 0.1) is 19.3 Å². The first-order valence-electron chi connectivity index (χ1n) is 7.23. The van der Waals surface area contributed by atoms with E-state index in [1.54, 1.807) is 6.33 Å². The summed E-state index contributed by atoms with van der Waals surface area (Å²) >= 11 is 0. The standard InChI is InChI=1S/C14H24N4O2/c1-4-15-13-12(10(2)3)14(17-9-16-13)18-5-6-20-11(7-18)8-19/h9-11,19H,4-8H2,1-3H3,(H,15,16,17). The van der Waals surface area contributed by atoms with E-state index < -0.39 is 0 Å². The number of ether oxygens (including phenoxy) is 1. The summed E-state index contributed by atoms with van der Waals surface area (Å²) in [7, 11) is 0. The fourth-order valence-electron chi connectivity index (χ4n) is 2.50. The van der Waals surface area contributed by atoms with Crippen molar-refractivity contribution in [1.82, 2.24) is 9.97 Å². The monoisotopic (exact) mass is 280 g/mol. The molecule has 1 aliphatic rings. The lowest BCUT2D eigenvalue weighted by molar-refractivity contribution is 0.00330. The summed E-state index contributed by atoms with van der Waals surface area (Å²) in [5.41, 5.74) is 1.13. The Balaban J connectivity index is 2.32. The van der Waals surface area contributed by atoms with Gasteiger partial charge in [-0.3, -0.25) is 0 Å². The number of anilines is 2. The molecule has 6 nitrogen and oxygen atoms in total. The van der Waals surface area contributed by atoms with Crippen LogP contribution in [0, 0.1) is 0 Å². The normalized spacial score (nSPS) is 19.4. The minimum atomic E-state index is -0.138. The van der Waals surface area contributed by atoms with Crippen molar-refractivity contribution >= 4 is 11.6 Å². The predicted octanol–water partition coefficient (Wildman–Crippen LogP) is 1.23. The van der Waals surface area contributed by atoms with Crippen LogP contribution in [0.25, 0.3) is 0 Å². The highest BCUT2D eigenvalue weighted by Crippen LogP contribution is 2.31. The first kappa shape index (κ1) is 15.0. The zero-order valence-electron chi connectivity index (χ0n) is 12.5. The van der Waals surface area contributed by atoms with Crippen molar-refractivity contribution < 1.29 is 9.84 Å². The van der Waals surface area contributed by atoms with Crippen LogP contribution in [0.4, 0.5) is 11.6 Å². The zero-order chi connectivity index (χ0) is 14.5. The Hall–Kier alpha value is -1.40. The Bertz CT molecular complexity index is 439. The van der Waals surface area contributed by atoms with Gasteiger partial charge in [-0.15, -0.1) is 0 Å². The van der Waals surface area contributed by atoms with E-state index in [-0.39, 0.29) is 12.7 Å².